The number of primary amides is 1. The summed E-state index contributed by atoms with van der Waals surface area (Å²) in [6.45, 7) is 1.77. The van der Waals surface area contributed by atoms with Crippen molar-refractivity contribution >= 4 is 11.9 Å². The number of hydrogen-bond acceptors (Lipinski definition) is 3. The summed E-state index contributed by atoms with van der Waals surface area (Å²) in [5, 5.41) is 3.60. The van der Waals surface area contributed by atoms with Gasteiger partial charge in [-0.05, 0) is 6.92 Å². The Bertz CT molecular complexity index is 269. The summed E-state index contributed by atoms with van der Waals surface area (Å²) in [5.74, 6) is 0.356. The molecule has 0 unspecified atom stereocenters. The van der Waals surface area contributed by atoms with Gasteiger partial charge >= 0.3 is 6.03 Å². The second-order valence-electron chi connectivity index (χ2n) is 2.20. The second-order valence-corrected chi connectivity index (χ2v) is 2.20. The number of aryl methyl sites for hydroxylation is 1. The van der Waals surface area contributed by atoms with E-state index in [0.717, 1.165) is 0 Å². The van der Waals surface area contributed by atoms with Gasteiger partial charge in [0.05, 0.1) is 5.69 Å². The van der Waals surface area contributed by atoms with Crippen molar-refractivity contribution in [2.45, 2.75) is 6.92 Å². The monoisotopic (exact) mass is 155 g/mol. The van der Waals surface area contributed by atoms with Crippen molar-refractivity contribution in [3.63, 3.8) is 0 Å². The third-order valence-corrected chi connectivity index (χ3v) is 1.28. The van der Waals surface area contributed by atoms with Crippen LogP contribution >= 0.6 is 0 Å². The Kier molecular flexibility index (Phi) is 1.80. The molecule has 5 heteroatoms. The average Bonchev–Trinajstić information content (AvgIpc) is 2.34. The van der Waals surface area contributed by atoms with Gasteiger partial charge in [0.25, 0.3) is 0 Å². The minimum atomic E-state index is -0.568. The molecule has 0 saturated carbocycles. The van der Waals surface area contributed by atoms with Crippen LogP contribution in [0, 0.1) is 6.92 Å². The van der Waals surface area contributed by atoms with E-state index in [4.69, 9.17) is 10.3 Å². The molecule has 0 aliphatic rings. The molecule has 1 aromatic rings. The van der Waals surface area contributed by atoms with Crippen molar-refractivity contribution in [2.24, 2.45) is 5.73 Å². The number of aromatic nitrogens is 1. The third kappa shape index (κ3) is 1.49. The number of nitrogens with two attached hydrogens (primary N) is 1. The van der Waals surface area contributed by atoms with Crippen LogP contribution in [-0.2, 0) is 0 Å². The fourth-order valence-electron chi connectivity index (χ4n) is 0.617. The molecule has 0 aromatic carbocycles. The SMILES string of the molecule is Cc1cc(N(C)C(N)=O)on1. The highest BCUT2D eigenvalue weighted by Crippen LogP contribution is 2.12. The zero-order valence-electron chi connectivity index (χ0n) is 6.37. The summed E-state index contributed by atoms with van der Waals surface area (Å²) in [7, 11) is 1.52. The molecule has 2 N–H and O–H groups in total. The zero-order chi connectivity index (χ0) is 8.43. The molecule has 11 heavy (non-hydrogen) atoms. The molecule has 1 rings (SSSR count). The lowest BCUT2D eigenvalue weighted by atomic mass is 10.5. The minimum Gasteiger partial charge on any atom is -0.351 e. The highest BCUT2D eigenvalue weighted by Gasteiger charge is 2.10. The number of amides is 2. The van der Waals surface area contributed by atoms with Gasteiger partial charge in [-0.1, -0.05) is 5.16 Å². The lowest BCUT2D eigenvalue weighted by molar-refractivity contribution is 0.253. The number of nitrogens with zero attached hydrogens (tertiary/aromatic N) is 2. The predicted octanol–water partition coefficient (Wildman–Crippen LogP) is 0.498. The standard InChI is InChI=1S/C6H9N3O2/c1-4-3-5(11-8-4)9(2)6(7)10/h3H,1-2H3,(H2,7,10). The largest absolute Gasteiger partial charge is 0.351 e. The van der Waals surface area contributed by atoms with Crippen LogP contribution in [0.4, 0.5) is 10.7 Å². The molecule has 0 bridgehead atoms. The molecule has 1 aromatic heterocycles. The fraction of sp³-hybridized carbons (Fsp3) is 0.333. The van der Waals surface area contributed by atoms with Gasteiger partial charge in [-0.25, -0.2) is 4.79 Å². The number of anilines is 1. The van der Waals surface area contributed by atoms with Gasteiger partial charge < -0.3 is 10.3 Å². The Balaban J connectivity index is 2.84. The quantitative estimate of drug-likeness (QED) is 0.641. The molecule has 0 aliphatic heterocycles. The van der Waals surface area contributed by atoms with E-state index in [9.17, 15) is 4.79 Å². The Hall–Kier alpha value is -1.52. The van der Waals surface area contributed by atoms with E-state index in [0.29, 0.717) is 11.6 Å². The van der Waals surface area contributed by atoms with Crippen LogP contribution in [0.5, 0.6) is 0 Å². The van der Waals surface area contributed by atoms with E-state index in [1.54, 1.807) is 13.0 Å². The van der Waals surface area contributed by atoms with Gasteiger partial charge in [0, 0.05) is 13.1 Å². The molecular weight excluding hydrogens is 146 g/mol. The first-order chi connectivity index (χ1) is 5.11. The van der Waals surface area contributed by atoms with Crippen LogP contribution in [0.3, 0.4) is 0 Å². The number of carbonyl (C=O) groups excluding carboxylic acids is 1. The molecule has 1 heterocycles. The Labute approximate surface area is 63.8 Å². The van der Waals surface area contributed by atoms with Crippen LogP contribution in [-0.4, -0.2) is 18.2 Å². The zero-order valence-corrected chi connectivity index (χ0v) is 6.37. The molecule has 5 nitrogen and oxygen atoms in total. The Morgan fingerprint density at radius 2 is 2.45 bits per heavy atom. The van der Waals surface area contributed by atoms with E-state index in [1.807, 2.05) is 0 Å². The van der Waals surface area contributed by atoms with Crippen molar-refractivity contribution in [3.8, 4) is 0 Å². The number of hydrogen-bond donors (Lipinski definition) is 1. The normalized spacial score (nSPS) is 9.64. The van der Waals surface area contributed by atoms with Gasteiger partial charge in [0.15, 0.2) is 0 Å². The van der Waals surface area contributed by atoms with Crippen LogP contribution in [0.15, 0.2) is 10.6 Å². The number of rotatable bonds is 1. The second kappa shape index (κ2) is 2.61. The first kappa shape index (κ1) is 7.59. The van der Waals surface area contributed by atoms with Crippen molar-refractivity contribution in [3.05, 3.63) is 11.8 Å². The van der Waals surface area contributed by atoms with Crippen molar-refractivity contribution in [1.29, 1.82) is 0 Å². The summed E-state index contributed by atoms with van der Waals surface area (Å²) >= 11 is 0. The summed E-state index contributed by atoms with van der Waals surface area (Å²) in [4.78, 5) is 11.7. The molecule has 0 spiro atoms. The minimum absolute atomic E-state index is 0.356. The van der Waals surface area contributed by atoms with E-state index >= 15 is 0 Å². The van der Waals surface area contributed by atoms with Crippen molar-refractivity contribution < 1.29 is 9.32 Å². The van der Waals surface area contributed by atoms with Crippen LogP contribution in [0.2, 0.25) is 0 Å². The molecule has 0 atom stereocenters. The highest BCUT2D eigenvalue weighted by atomic mass is 16.5. The summed E-state index contributed by atoms with van der Waals surface area (Å²) in [5.41, 5.74) is 5.69. The van der Waals surface area contributed by atoms with E-state index < -0.39 is 6.03 Å². The lowest BCUT2D eigenvalue weighted by Crippen LogP contribution is -2.31. The smallest absolute Gasteiger partial charge is 0.321 e. The first-order valence-electron chi connectivity index (χ1n) is 3.07. The predicted molar refractivity (Wildman–Crippen MR) is 39.2 cm³/mol. The summed E-state index contributed by atoms with van der Waals surface area (Å²) in [6, 6.07) is 1.06. The van der Waals surface area contributed by atoms with Gasteiger partial charge in [0.1, 0.15) is 0 Å². The van der Waals surface area contributed by atoms with E-state index in [2.05, 4.69) is 5.16 Å². The Morgan fingerprint density at radius 3 is 2.82 bits per heavy atom. The van der Waals surface area contributed by atoms with Gasteiger partial charge in [-0.3, -0.25) is 4.90 Å². The van der Waals surface area contributed by atoms with Gasteiger partial charge in [0.2, 0.25) is 5.88 Å². The summed E-state index contributed by atoms with van der Waals surface area (Å²) in [6.07, 6.45) is 0. The lowest BCUT2D eigenvalue weighted by Gasteiger charge is -2.07. The number of urea groups is 1. The summed E-state index contributed by atoms with van der Waals surface area (Å²) < 4.78 is 4.76. The molecule has 0 fully saturated rings. The molecule has 0 aliphatic carbocycles. The maximum Gasteiger partial charge on any atom is 0.321 e. The number of carbonyl (C=O) groups is 1. The maximum atomic E-state index is 10.6. The molecular formula is C6H9N3O2. The fourth-order valence-corrected chi connectivity index (χ4v) is 0.617. The molecule has 0 saturated heterocycles. The van der Waals surface area contributed by atoms with Crippen LogP contribution in [0.1, 0.15) is 5.69 Å². The van der Waals surface area contributed by atoms with Crippen molar-refractivity contribution in [2.75, 3.05) is 11.9 Å². The topological polar surface area (TPSA) is 72.4 Å². The first-order valence-corrected chi connectivity index (χ1v) is 3.07. The van der Waals surface area contributed by atoms with Crippen LogP contribution in [0.25, 0.3) is 0 Å². The average molecular weight is 155 g/mol. The maximum absolute atomic E-state index is 10.6. The Morgan fingerprint density at radius 1 is 1.82 bits per heavy atom. The van der Waals surface area contributed by atoms with Crippen molar-refractivity contribution in [1.82, 2.24) is 5.16 Å². The third-order valence-electron chi connectivity index (χ3n) is 1.28. The molecule has 60 valence electrons. The van der Waals surface area contributed by atoms with E-state index in [-0.39, 0.29) is 0 Å². The van der Waals surface area contributed by atoms with Gasteiger partial charge in [-0.15, -0.1) is 0 Å². The molecule has 0 radical (unpaired) electrons. The van der Waals surface area contributed by atoms with Crippen LogP contribution < -0.4 is 10.6 Å². The highest BCUT2D eigenvalue weighted by molar-refractivity contribution is 5.88. The molecule has 2 amide bonds. The van der Waals surface area contributed by atoms with Gasteiger partial charge in [-0.2, -0.15) is 0 Å². The van der Waals surface area contributed by atoms with E-state index in [1.165, 1.54) is 11.9 Å².